The number of rotatable bonds is 5. The lowest BCUT2D eigenvalue weighted by molar-refractivity contribution is 0.210. The molecule has 0 fully saturated rings. The van der Waals surface area contributed by atoms with E-state index in [4.69, 9.17) is 16.3 Å². The molecule has 2 rings (SSSR count). The predicted molar refractivity (Wildman–Crippen MR) is 73.7 cm³/mol. The molecule has 0 amide bonds. The Kier molecular flexibility index (Phi) is 4.23. The van der Waals surface area contributed by atoms with Crippen LogP contribution in [-0.4, -0.2) is 29.8 Å². The van der Waals surface area contributed by atoms with Gasteiger partial charge in [-0.05, 0) is 25.1 Å². The number of nitrogens with zero attached hydrogens (tertiary/aromatic N) is 2. The lowest BCUT2D eigenvalue weighted by atomic mass is 10.3. The monoisotopic (exact) mass is 265 g/mol. The highest BCUT2D eigenvalue weighted by atomic mass is 35.5. The van der Waals surface area contributed by atoms with Crippen LogP contribution in [0, 0.1) is 6.92 Å². The van der Waals surface area contributed by atoms with Gasteiger partial charge in [0.05, 0.1) is 12.3 Å². The molecule has 1 N–H and O–H groups in total. The van der Waals surface area contributed by atoms with Crippen LogP contribution in [0.25, 0.3) is 5.69 Å². The SMILES string of the molecule is COCCNc1nc(C)cn1-c1cccc(Cl)c1. The lowest BCUT2D eigenvalue weighted by Crippen LogP contribution is -2.11. The molecule has 0 saturated carbocycles. The molecule has 1 aromatic heterocycles. The molecular formula is C13H16ClN3O. The molecule has 0 aliphatic carbocycles. The van der Waals surface area contributed by atoms with Gasteiger partial charge in [0.1, 0.15) is 0 Å². The minimum atomic E-state index is 0.640. The van der Waals surface area contributed by atoms with Gasteiger partial charge in [-0.2, -0.15) is 0 Å². The smallest absolute Gasteiger partial charge is 0.207 e. The number of ether oxygens (including phenoxy) is 1. The van der Waals surface area contributed by atoms with Crippen molar-refractivity contribution in [1.82, 2.24) is 9.55 Å². The van der Waals surface area contributed by atoms with Gasteiger partial charge in [0.2, 0.25) is 5.95 Å². The van der Waals surface area contributed by atoms with Crippen LogP contribution in [0.1, 0.15) is 5.69 Å². The average Bonchev–Trinajstić information content (AvgIpc) is 2.71. The molecule has 0 radical (unpaired) electrons. The van der Waals surface area contributed by atoms with E-state index >= 15 is 0 Å². The third kappa shape index (κ3) is 3.03. The maximum absolute atomic E-state index is 6.01. The number of imidazole rings is 1. The average molecular weight is 266 g/mol. The van der Waals surface area contributed by atoms with Gasteiger partial charge in [0, 0.05) is 30.6 Å². The van der Waals surface area contributed by atoms with E-state index in [0.717, 1.165) is 17.3 Å². The van der Waals surface area contributed by atoms with Gasteiger partial charge in [-0.1, -0.05) is 17.7 Å². The summed E-state index contributed by atoms with van der Waals surface area (Å²) in [6, 6.07) is 7.68. The molecule has 4 nitrogen and oxygen atoms in total. The highest BCUT2D eigenvalue weighted by Gasteiger charge is 2.07. The molecule has 0 saturated heterocycles. The van der Waals surface area contributed by atoms with Crippen LogP contribution in [0.5, 0.6) is 0 Å². The summed E-state index contributed by atoms with van der Waals surface area (Å²) in [5.74, 6) is 0.798. The summed E-state index contributed by atoms with van der Waals surface area (Å²) < 4.78 is 7.00. The van der Waals surface area contributed by atoms with E-state index in [0.29, 0.717) is 18.2 Å². The van der Waals surface area contributed by atoms with Crippen molar-refractivity contribution in [2.45, 2.75) is 6.92 Å². The third-order valence-electron chi connectivity index (χ3n) is 2.50. The number of aryl methyl sites for hydroxylation is 1. The Morgan fingerprint density at radius 2 is 2.28 bits per heavy atom. The molecule has 1 aromatic carbocycles. The summed E-state index contributed by atoms with van der Waals surface area (Å²) in [6.07, 6.45) is 1.97. The van der Waals surface area contributed by atoms with Crippen LogP contribution in [0.4, 0.5) is 5.95 Å². The molecule has 0 spiro atoms. The summed E-state index contributed by atoms with van der Waals surface area (Å²) in [5.41, 5.74) is 1.94. The quantitative estimate of drug-likeness (QED) is 0.845. The van der Waals surface area contributed by atoms with Gasteiger partial charge in [-0.3, -0.25) is 4.57 Å². The van der Waals surface area contributed by atoms with Crippen LogP contribution in [0.3, 0.4) is 0 Å². The number of hydrogen-bond acceptors (Lipinski definition) is 3. The summed E-state index contributed by atoms with van der Waals surface area (Å²) in [5, 5.41) is 3.95. The Labute approximate surface area is 112 Å². The number of halogens is 1. The molecule has 0 unspecified atom stereocenters. The van der Waals surface area contributed by atoms with Crippen molar-refractivity contribution in [3.8, 4) is 5.69 Å². The van der Waals surface area contributed by atoms with E-state index in [-0.39, 0.29) is 0 Å². The number of methoxy groups -OCH3 is 1. The van der Waals surface area contributed by atoms with Crippen molar-refractivity contribution < 1.29 is 4.74 Å². The van der Waals surface area contributed by atoms with Crippen molar-refractivity contribution in [1.29, 1.82) is 0 Å². The van der Waals surface area contributed by atoms with E-state index < -0.39 is 0 Å². The van der Waals surface area contributed by atoms with Gasteiger partial charge in [-0.15, -0.1) is 0 Å². The van der Waals surface area contributed by atoms with Crippen LogP contribution in [-0.2, 0) is 4.74 Å². The molecule has 0 bridgehead atoms. The highest BCUT2D eigenvalue weighted by molar-refractivity contribution is 6.30. The lowest BCUT2D eigenvalue weighted by Gasteiger charge is -2.09. The van der Waals surface area contributed by atoms with Gasteiger partial charge in [-0.25, -0.2) is 4.98 Å². The molecule has 0 aliphatic rings. The van der Waals surface area contributed by atoms with Gasteiger partial charge in [0.15, 0.2) is 0 Å². The normalized spacial score (nSPS) is 10.6. The topological polar surface area (TPSA) is 39.1 Å². The predicted octanol–water partition coefficient (Wildman–Crippen LogP) is 2.89. The highest BCUT2D eigenvalue weighted by Crippen LogP contribution is 2.19. The van der Waals surface area contributed by atoms with Crippen molar-refractivity contribution in [3.63, 3.8) is 0 Å². The fourth-order valence-corrected chi connectivity index (χ4v) is 1.89. The number of anilines is 1. The van der Waals surface area contributed by atoms with E-state index in [2.05, 4.69) is 10.3 Å². The zero-order chi connectivity index (χ0) is 13.0. The first kappa shape index (κ1) is 12.9. The minimum absolute atomic E-state index is 0.640. The minimum Gasteiger partial charge on any atom is -0.383 e. The summed E-state index contributed by atoms with van der Waals surface area (Å²) in [4.78, 5) is 4.44. The second-order valence-electron chi connectivity index (χ2n) is 3.98. The Bertz CT molecular complexity index is 525. The van der Waals surface area contributed by atoms with Crippen LogP contribution >= 0.6 is 11.6 Å². The molecular weight excluding hydrogens is 250 g/mol. The Morgan fingerprint density at radius 1 is 1.44 bits per heavy atom. The summed E-state index contributed by atoms with van der Waals surface area (Å²) in [6.45, 7) is 3.32. The van der Waals surface area contributed by atoms with Gasteiger partial charge in [0.25, 0.3) is 0 Å². The maximum Gasteiger partial charge on any atom is 0.207 e. The molecule has 96 valence electrons. The van der Waals surface area contributed by atoms with E-state index in [1.54, 1.807) is 7.11 Å². The molecule has 2 aromatic rings. The van der Waals surface area contributed by atoms with Crippen molar-refractivity contribution in [2.24, 2.45) is 0 Å². The van der Waals surface area contributed by atoms with Gasteiger partial charge >= 0.3 is 0 Å². The molecule has 1 heterocycles. The Balaban J connectivity index is 2.26. The van der Waals surface area contributed by atoms with Gasteiger partial charge < -0.3 is 10.1 Å². The van der Waals surface area contributed by atoms with E-state index in [1.807, 2.05) is 42.0 Å². The second kappa shape index (κ2) is 5.89. The second-order valence-corrected chi connectivity index (χ2v) is 4.41. The van der Waals surface area contributed by atoms with Crippen molar-refractivity contribution in [2.75, 3.05) is 25.6 Å². The standard InChI is InChI=1S/C13H16ClN3O/c1-10-9-17(12-5-3-4-11(14)8-12)13(16-10)15-6-7-18-2/h3-5,8-9H,6-7H2,1-2H3,(H,15,16). The van der Waals surface area contributed by atoms with E-state index in [1.165, 1.54) is 0 Å². The van der Waals surface area contributed by atoms with Crippen molar-refractivity contribution >= 4 is 17.5 Å². The fourth-order valence-electron chi connectivity index (χ4n) is 1.71. The molecule has 18 heavy (non-hydrogen) atoms. The zero-order valence-electron chi connectivity index (χ0n) is 10.5. The van der Waals surface area contributed by atoms with Crippen molar-refractivity contribution in [3.05, 3.63) is 41.2 Å². The number of aromatic nitrogens is 2. The largest absolute Gasteiger partial charge is 0.383 e. The number of hydrogen-bond donors (Lipinski definition) is 1. The zero-order valence-corrected chi connectivity index (χ0v) is 11.2. The van der Waals surface area contributed by atoms with Crippen LogP contribution in [0.15, 0.2) is 30.5 Å². The molecule has 0 aliphatic heterocycles. The van der Waals surface area contributed by atoms with Crippen LogP contribution in [0.2, 0.25) is 5.02 Å². The first-order valence-electron chi connectivity index (χ1n) is 5.75. The molecule has 5 heteroatoms. The van der Waals surface area contributed by atoms with Crippen LogP contribution < -0.4 is 5.32 Å². The molecule has 0 atom stereocenters. The summed E-state index contributed by atoms with van der Waals surface area (Å²) in [7, 11) is 1.68. The number of nitrogens with one attached hydrogen (secondary N) is 1. The third-order valence-corrected chi connectivity index (χ3v) is 2.74. The first-order chi connectivity index (χ1) is 8.70. The van der Waals surface area contributed by atoms with E-state index in [9.17, 15) is 0 Å². The first-order valence-corrected chi connectivity index (χ1v) is 6.13. The Morgan fingerprint density at radius 3 is 3.00 bits per heavy atom. The summed E-state index contributed by atoms with van der Waals surface area (Å²) >= 11 is 6.01. The Hall–Kier alpha value is -1.52. The number of benzene rings is 1. The maximum atomic E-state index is 6.01. The fraction of sp³-hybridized carbons (Fsp3) is 0.308.